The van der Waals surface area contributed by atoms with E-state index in [1.165, 1.54) is 12.1 Å². The Bertz CT molecular complexity index is 1360. The number of carbonyl (C=O) groups excluding carboxylic acids is 1. The number of aromatic nitrogens is 4. The normalized spacial score (nSPS) is 20.0. The number of nitrogens with one attached hydrogen (secondary N) is 2. The van der Waals surface area contributed by atoms with Crippen LogP contribution in [0.1, 0.15) is 60.6 Å². The minimum absolute atomic E-state index is 0.0806. The quantitative estimate of drug-likeness (QED) is 0.415. The number of nitrogens with zero attached hydrogens (tertiary/aromatic N) is 4. The smallest absolute Gasteiger partial charge is 0.251 e. The van der Waals surface area contributed by atoms with Crippen molar-refractivity contribution in [2.24, 2.45) is 0 Å². The molecule has 0 radical (unpaired) electrons. The average Bonchev–Trinajstić information content (AvgIpc) is 3.65. The highest BCUT2D eigenvalue weighted by Crippen LogP contribution is 2.40. The molecule has 0 saturated heterocycles. The van der Waals surface area contributed by atoms with Crippen LogP contribution in [-0.4, -0.2) is 37.7 Å². The zero-order chi connectivity index (χ0) is 23.8. The fourth-order valence-corrected chi connectivity index (χ4v) is 4.79. The van der Waals surface area contributed by atoms with Gasteiger partial charge in [0.15, 0.2) is 5.65 Å². The zero-order valence-corrected chi connectivity index (χ0v) is 19.3. The summed E-state index contributed by atoms with van der Waals surface area (Å²) >= 11 is 0. The molecular weight excluding hydrogens is 443 g/mol. The van der Waals surface area contributed by atoms with Gasteiger partial charge in [0.1, 0.15) is 17.5 Å². The molecule has 178 valence electrons. The summed E-state index contributed by atoms with van der Waals surface area (Å²) < 4.78 is 15.3. The van der Waals surface area contributed by atoms with Crippen LogP contribution < -0.4 is 10.6 Å². The molecule has 0 spiro atoms. The molecule has 2 N–H and O–H groups in total. The predicted octanol–water partition coefficient (Wildman–Crippen LogP) is 4.99. The van der Waals surface area contributed by atoms with Gasteiger partial charge in [-0.15, -0.1) is 0 Å². The lowest BCUT2D eigenvalue weighted by Crippen LogP contribution is -2.40. The molecule has 0 atom stereocenters. The third-order valence-electron chi connectivity index (χ3n) is 6.88. The molecule has 8 heteroatoms. The number of para-hydroxylation sites is 1. The predicted molar refractivity (Wildman–Crippen MR) is 132 cm³/mol. The first-order valence-electron chi connectivity index (χ1n) is 12.3. The highest BCUT2D eigenvalue weighted by Gasteiger charge is 2.30. The van der Waals surface area contributed by atoms with Crippen LogP contribution in [0.25, 0.3) is 16.7 Å². The van der Waals surface area contributed by atoms with Crippen LogP contribution in [0.15, 0.2) is 60.8 Å². The number of rotatable bonds is 6. The topological polar surface area (TPSA) is 84.7 Å². The van der Waals surface area contributed by atoms with E-state index in [4.69, 9.17) is 9.97 Å². The molecular formula is C27H27FN6O. The van der Waals surface area contributed by atoms with Crippen molar-refractivity contribution in [1.29, 1.82) is 0 Å². The monoisotopic (exact) mass is 470 g/mol. The van der Waals surface area contributed by atoms with Crippen LogP contribution in [0, 0.1) is 5.82 Å². The third kappa shape index (κ3) is 4.60. The van der Waals surface area contributed by atoms with Crippen LogP contribution in [0.2, 0.25) is 0 Å². The number of anilines is 1. The molecule has 2 heterocycles. The van der Waals surface area contributed by atoms with E-state index in [0.29, 0.717) is 11.5 Å². The van der Waals surface area contributed by atoms with Gasteiger partial charge in [0, 0.05) is 23.6 Å². The lowest BCUT2D eigenvalue weighted by atomic mass is 9.91. The van der Waals surface area contributed by atoms with Gasteiger partial charge < -0.3 is 10.6 Å². The van der Waals surface area contributed by atoms with Gasteiger partial charge in [-0.2, -0.15) is 5.10 Å². The SMILES string of the molecule is O=C(NC1CCC(Nc2nc(C3CC3)nc3c2cnn3-c2ccccc2)CC1)c1cccc(F)c1. The molecule has 0 unspecified atom stereocenters. The minimum Gasteiger partial charge on any atom is -0.367 e. The van der Waals surface area contributed by atoms with E-state index in [-0.39, 0.29) is 18.0 Å². The van der Waals surface area contributed by atoms with Crippen molar-refractivity contribution in [3.05, 3.63) is 78.0 Å². The first kappa shape index (κ1) is 21.7. The molecule has 6 rings (SSSR count). The molecule has 2 fully saturated rings. The molecule has 2 aliphatic rings. The second-order valence-corrected chi connectivity index (χ2v) is 9.51. The summed E-state index contributed by atoms with van der Waals surface area (Å²) in [6.07, 6.45) is 7.61. The van der Waals surface area contributed by atoms with Crippen LogP contribution in [0.4, 0.5) is 10.2 Å². The molecule has 2 aromatic heterocycles. The van der Waals surface area contributed by atoms with Gasteiger partial charge in [0.2, 0.25) is 0 Å². The van der Waals surface area contributed by atoms with Crippen molar-refractivity contribution >= 4 is 22.8 Å². The van der Waals surface area contributed by atoms with Crippen LogP contribution in [0.5, 0.6) is 0 Å². The standard InChI is InChI=1S/C27H27FN6O/c28-19-6-4-5-18(15-19)27(35)31-21-13-11-20(12-14-21)30-25-23-16-29-34(22-7-2-1-3-8-22)26(23)33-24(32-25)17-9-10-17/h1-8,15-17,20-21H,9-14H2,(H,31,35)(H,30,32,33). The number of hydrogen-bond acceptors (Lipinski definition) is 5. The highest BCUT2D eigenvalue weighted by molar-refractivity contribution is 5.94. The van der Waals surface area contributed by atoms with Crippen molar-refractivity contribution in [3.63, 3.8) is 0 Å². The largest absolute Gasteiger partial charge is 0.367 e. The number of carbonyl (C=O) groups is 1. The van der Waals surface area contributed by atoms with Crippen LogP contribution in [-0.2, 0) is 0 Å². The number of halogens is 1. The molecule has 0 aliphatic heterocycles. The van der Waals surface area contributed by atoms with Gasteiger partial charge >= 0.3 is 0 Å². The Hall–Kier alpha value is -3.81. The van der Waals surface area contributed by atoms with Crippen molar-refractivity contribution in [2.75, 3.05) is 5.32 Å². The minimum atomic E-state index is -0.400. The Morgan fingerprint density at radius 2 is 1.69 bits per heavy atom. The Balaban J connectivity index is 1.17. The lowest BCUT2D eigenvalue weighted by Gasteiger charge is -2.30. The number of hydrogen-bond donors (Lipinski definition) is 2. The fourth-order valence-electron chi connectivity index (χ4n) is 4.79. The summed E-state index contributed by atoms with van der Waals surface area (Å²) in [6.45, 7) is 0. The maximum Gasteiger partial charge on any atom is 0.251 e. The first-order chi connectivity index (χ1) is 17.1. The summed E-state index contributed by atoms with van der Waals surface area (Å²) in [5, 5.41) is 12.3. The molecule has 4 aromatic rings. The highest BCUT2D eigenvalue weighted by atomic mass is 19.1. The molecule has 2 aliphatic carbocycles. The van der Waals surface area contributed by atoms with E-state index in [0.717, 1.165) is 66.9 Å². The van der Waals surface area contributed by atoms with Crippen molar-refractivity contribution in [3.8, 4) is 5.69 Å². The van der Waals surface area contributed by atoms with Gasteiger partial charge in [-0.3, -0.25) is 4.79 Å². The summed E-state index contributed by atoms with van der Waals surface area (Å²) in [4.78, 5) is 22.3. The van der Waals surface area contributed by atoms with E-state index < -0.39 is 5.82 Å². The maximum atomic E-state index is 13.5. The Labute approximate surface area is 202 Å². The third-order valence-corrected chi connectivity index (χ3v) is 6.88. The van der Waals surface area contributed by atoms with Gasteiger partial charge in [0.25, 0.3) is 5.91 Å². The van der Waals surface area contributed by atoms with E-state index in [1.807, 2.05) is 41.2 Å². The fraction of sp³-hybridized carbons (Fsp3) is 0.333. The van der Waals surface area contributed by atoms with Crippen LogP contribution in [0.3, 0.4) is 0 Å². The molecule has 0 bridgehead atoms. The van der Waals surface area contributed by atoms with Gasteiger partial charge in [-0.1, -0.05) is 24.3 Å². The average molecular weight is 471 g/mol. The van der Waals surface area contributed by atoms with Crippen LogP contribution >= 0.6 is 0 Å². The second-order valence-electron chi connectivity index (χ2n) is 9.51. The summed E-state index contributed by atoms with van der Waals surface area (Å²) in [5.74, 6) is 1.52. The van der Waals surface area contributed by atoms with Gasteiger partial charge in [-0.05, 0) is 68.9 Å². The number of amides is 1. The Morgan fingerprint density at radius 1 is 0.914 bits per heavy atom. The molecule has 35 heavy (non-hydrogen) atoms. The van der Waals surface area contributed by atoms with Gasteiger partial charge in [-0.25, -0.2) is 19.0 Å². The maximum absolute atomic E-state index is 13.5. The zero-order valence-electron chi connectivity index (χ0n) is 19.3. The van der Waals surface area contributed by atoms with Crippen molar-refractivity contribution in [2.45, 2.75) is 56.5 Å². The lowest BCUT2D eigenvalue weighted by molar-refractivity contribution is 0.0926. The molecule has 7 nitrogen and oxygen atoms in total. The number of benzene rings is 2. The number of fused-ring (bicyclic) bond motifs is 1. The van der Waals surface area contributed by atoms with E-state index >= 15 is 0 Å². The summed E-state index contributed by atoms with van der Waals surface area (Å²) in [5.41, 5.74) is 2.16. The Kier molecular flexibility index (Phi) is 5.64. The first-order valence-corrected chi connectivity index (χ1v) is 12.3. The van der Waals surface area contributed by atoms with Crippen molar-refractivity contribution in [1.82, 2.24) is 25.1 Å². The van der Waals surface area contributed by atoms with E-state index in [1.54, 1.807) is 12.1 Å². The van der Waals surface area contributed by atoms with Gasteiger partial charge in [0.05, 0.1) is 17.3 Å². The Morgan fingerprint density at radius 3 is 2.43 bits per heavy atom. The van der Waals surface area contributed by atoms with E-state index in [9.17, 15) is 9.18 Å². The summed E-state index contributed by atoms with van der Waals surface area (Å²) in [6, 6.07) is 16.2. The molecule has 1 amide bonds. The van der Waals surface area contributed by atoms with Crippen molar-refractivity contribution < 1.29 is 9.18 Å². The summed E-state index contributed by atoms with van der Waals surface area (Å²) in [7, 11) is 0. The molecule has 2 aromatic carbocycles. The van der Waals surface area contributed by atoms with E-state index in [2.05, 4.69) is 15.7 Å². The second kappa shape index (κ2) is 9.09. The molecule has 2 saturated carbocycles.